The van der Waals surface area contributed by atoms with Crippen molar-refractivity contribution in [2.24, 2.45) is 5.92 Å². The summed E-state index contributed by atoms with van der Waals surface area (Å²) in [6.07, 6.45) is 1.09. The molecule has 28 heavy (non-hydrogen) atoms. The Morgan fingerprint density at radius 3 is 2.46 bits per heavy atom. The maximum Gasteiger partial charge on any atom is 0.249 e. The number of thioether (sulfide) groups is 1. The molecule has 0 spiro atoms. The van der Waals surface area contributed by atoms with Crippen LogP contribution in [0.3, 0.4) is 0 Å². The number of nitrogens with one attached hydrogen (secondary N) is 1. The Balaban J connectivity index is 2.19. The molecule has 0 saturated carbocycles. The summed E-state index contributed by atoms with van der Waals surface area (Å²) in [5.41, 5.74) is 2.46. The third kappa shape index (κ3) is 5.92. The highest BCUT2D eigenvalue weighted by Gasteiger charge is 2.30. The lowest BCUT2D eigenvalue weighted by Crippen LogP contribution is -2.45. The summed E-state index contributed by atoms with van der Waals surface area (Å²) in [7, 11) is -3.66. The third-order valence-electron chi connectivity index (χ3n) is 4.01. The number of hydrogen-bond donors (Lipinski definition) is 1. The Kier molecular flexibility index (Phi) is 7.46. The van der Waals surface area contributed by atoms with Crippen LogP contribution in [0.25, 0.3) is 0 Å². The van der Waals surface area contributed by atoms with Crippen LogP contribution in [0.1, 0.15) is 31.9 Å². The van der Waals surface area contributed by atoms with E-state index in [-0.39, 0.29) is 0 Å². The number of anilines is 2. The Labute approximate surface area is 175 Å². The minimum atomic E-state index is -3.66. The van der Waals surface area contributed by atoms with Crippen molar-refractivity contribution in [3.63, 3.8) is 0 Å². The number of carbonyl (C=O) groups is 1. The summed E-state index contributed by atoms with van der Waals surface area (Å²) < 4.78 is 26.7. The molecule has 0 aliphatic rings. The van der Waals surface area contributed by atoms with Crippen molar-refractivity contribution in [2.45, 2.75) is 45.0 Å². The van der Waals surface area contributed by atoms with Gasteiger partial charge in [0.15, 0.2) is 4.34 Å². The predicted octanol–water partition coefficient (Wildman–Crippen LogP) is 3.70. The van der Waals surface area contributed by atoms with E-state index in [9.17, 15) is 13.2 Å². The Morgan fingerprint density at radius 1 is 1.21 bits per heavy atom. The van der Waals surface area contributed by atoms with E-state index in [1.54, 1.807) is 30.8 Å². The summed E-state index contributed by atoms with van der Waals surface area (Å²) in [6.45, 7) is 9.64. The number of rotatable bonds is 8. The second-order valence-electron chi connectivity index (χ2n) is 7.07. The number of nitrogens with zero attached hydrogens (tertiary/aromatic N) is 3. The summed E-state index contributed by atoms with van der Waals surface area (Å²) in [5.74, 6) is 0.974. The SMILES string of the molecule is Cc1ccc(N([C@@H](C)C(=O)Nc2nnc(SCC(C)C)s2)S(C)(=O)=O)cc1C. The molecule has 0 bridgehead atoms. The first kappa shape index (κ1) is 22.6. The van der Waals surface area contributed by atoms with Crippen LogP contribution in [0.4, 0.5) is 10.8 Å². The molecule has 1 N–H and O–H groups in total. The molecule has 10 heteroatoms. The average Bonchev–Trinajstić information content (AvgIpc) is 3.02. The lowest BCUT2D eigenvalue weighted by atomic mass is 10.1. The topological polar surface area (TPSA) is 92.3 Å². The van der Waals surface area contributed by atoms with Crippen LogP contribution in [0.15, 0.2) is 22.5 Å². The molecule has 2 rings (SSSR count). The van der Waals surface area contributed by atoms with Gasteiger partial charge in [-0.25, -0.2) is 8.42 Å². The molecule has 0 aliphatic carbocycles. The van der Waals surface area contributed by atoms with Crippen LogP contribution in [-0.4, -0.2) is 42.6 Å². The molecule has 1 heterocycles. The minimum Gasteiger partial charge on any atom is -0.299 e. The first-order valence-corrected chi connectivity index (χ1v) is 12.5. The van der Waals surface area contributed by atoms with Crippen LogP contribution in [0.5, 0.6) is 0 Å². The molecule has 1 amide bonds. The first-order valence-electron chi connectivity index (χ1n) is 8.83. The maximum atomic E-state index is 12.7. The van der Waals surface area contributed by atoms with E-state index in [4.69, 9.17) is 0 Å². The van der Waals surface area contributed by atoms with Gasteiger partial charge in [-0.1, -0.05) is 43.0 Å². The van der Waals surface area contributed by atoms with E-state index in [1.165, 1.54) is 11.3 Å². The molecule has 2 aromatic rings. The normalized spacial score (nSPS) is 12.8. The quantitative estimate of drug-likeness (QED) is 0.495. The molecule has 0 unspecified atom stereocenters. The zero-order valence-corrected chi connectivity index (χ0v) is 19.3. The molecule has 1 aromatic carbocycles. The lowest BCUT2D eigenvalue weighted by molar-refractivity contribution is -0.116. The van der Waals surface area contributed by atoms with Gasteiger partial charge in [0.05, 0.1) is 11.9 Å². The number of hydrogen-bond acceptors (Lipinski definition) is 7. The molecule has 154 valence electrons. The van der Waals surface area contributed by atoms with Crippen molar-refractivity contribution >= 4 is 49.8 Å². The summed E-state index contributed by atoms with van der Waals surface area (Å²) in [5, 5.41) is 11.1. The fraction of sp³-hybridized carbons (Fsp3) is 0.500. The molecular formula is C18H26N4O3S3. The first-order chi connectivity index (χ1) is 13.0. The number of amides is 1. The van der Waals surface area contributed by atoms with E-state index in [0.717, 1.165) is 31.8 Å². The van der Waals surface area contributed by atoms with Gasteiger partial charge in [0, 0.05) is 5.75 Å². The Hall–Kier alpha value is -1.65. The van der Waals surface area contributed by atoms with Crippen molar-refractivity contribution in [1.82, 2.24) is 10.2 Å². The van der Waals surface area contributed by atoms with Crippen LogP contribution in [0.2, 0.25) is 0 Å². The number of benzene rings is 1. The van der Waals surface area contributed by atoms with Gasteiger partial charge in [-0.2, -0.15) is 0 Å². The van der Waals surface area contributed by atoms with Gasteiger partial charge in [-0.15, -0.1) is 10.2 Å². The third-order valence-corrected chi connectivity index (χ3v) is 7.65. The zero-order valence-electron chi connectivity index (χ0n) is 16.9. The molecule has 0 saturated heterocycles. The highest BCUT2D eigenvalue weighted by atomic mass is 32.2. The summed E-state index contributed by atoms with van der Waals surface area (Å²) in [6, 6.07) is 4.38. The van der Waals surface area contributed by atoms with Crippen molar-refractivity contribution < 1.29 is 13.2 Å². The fourth-order valence-electron chi connectivity index (χ4n) is 2.44. The van der Waals surface area contributed by atoms with E-state index < -0.39 is 22.0 Å². The van der Waals surface area contributed by atoms with E-state index in [2.05, 4.69) is 29.4 Å². The van der Waals surface area contributed by atoms with Crippen LogP contribution >= 0.6 is 23.1 Å². The summed E-state index contributed by atoms with van der Waals surface area (Å²) in [4.78, 5) is 12.7. The molecule has 0 radical (unpaired) electrons. The fourth-order valence-corrected chi connectivity index (χ4v) is 5.34. The van der Waals surface area contributed by atoms with Crippen molar-refractivity contribution in [3.05, 3.63) is 29.3 Å². The predicted molar refractivity (Wildman–Crippen MR) is 117 cm³/mol. The van der Waals surface area contributed by atoms with Crippen molar-refractivity contribution in [2.75, 3.05) is 21.6 Å². The minimum absolute atomic E-state index is 0.358. The second kappa shape index (κ2) is 9.23. The van der Waals surface area contributed by atoms with Crippen LogP contribution in [-0.2, 0) is 14.8 Å². The average molecular weight is 443 g/mol. The van der Waals surface area contributed by atoms with E-state index in [0.29, 0.717) is 16.7 Å². The number of sulfonamides is 1. The highest BCUT2D eigenvalue weighted by molar-refractivity contribution is 8.01. The van der Waals surface area contributed by atoms with Gasteiger partial charge < -0.3 is 0 Å². The van der Waals surface area contributed by atoms with Gasteiger partial charge in [0.25, 0.3) is 0 Å². The highest BCUT2D eigenvalue weighted by Crippen LogP contribution is 2.28. The van der Waals surface area contributed by atoms with Gasteiger partial charge in [-0.3, -0.25) is 14.4 Å². The molecule has 1 atom stereocenters. The smallest absolute Gasteiger partial charge is 0.249 e. The molecule has 7 nitrogen and oxygen atoms in total. The van der Waals surface area contributed by atoms with Crippen molar-refractivity contribution in [3.8, 4) is 0 Å². The molecule has 0 aliphatic heterocycles. The van der Waals surface area contributed by atoms with Gasteiger partial charge in [0.1, 0.15) is 6.04 Å². The lowest BCUT2D eigenvalue weighted by Gasteiger charge is -2.28. The Bertz CT molecular complexity index is 941. The second-order valence-corrected chi connectivity index (χ2v) is 11.2. The van der Waals surface area contributed by atoms with Gasteiger partial charge in [-0.05, 0) is 49.9 Å². The molecular weight excluding hydrogens is 416 g/mol. The largest absolute Gasteiger partial charge is 0.299 e. The molecule has 0 fully saturated rings. The monoisotopic (exact) mass is 442 g/mol. The Morgan fingerprint density at radius 2 is 1.89 bits per heavy atom. The number of aryl methyl sites for hydroxylation is 2. The van der Waals surface area contributed by atoms with E-state index >= 15 is 0 Å². The van der Waals surface area contributed by atoms with Crippen LogP contribution < -0.4 is 9.62 Å². The van der Waals surface area contributed by atoms with E-state index in [1.807, 2.05) is 19.9 Å². The molecule has 1 aromatic heterocycles. The number of aromatic nitrogens is 2. The summed E-state index contributed by atoms with van der Waals surface area (Å²) >= 11 is 2.86. The van der Waals surface area contributed by atoms with Crippen molar-refractivity contribution in [1.29, 1.82) is 0 Å². The standard InChI is InChI=1S/C18H26N4O3S3/c1-11(2)10-26-18-21-20-17(27-18)19-16(23)14(5)22(28(6,24)25)15-8-7-12(3)13(4)9-15/h7-9,11,14H,10H2,1-6H3,(H,19,20,23)/t14-/m0/s1. The van der Waals surface area contributed by atoms with Gasteiger partial charge in [0.2, 0.25) is 21.1 Å². The maximum absolute atomic E-state index is 12.7. The van der Waals surface area contributed by atoms with Gasteiger partial charge >= 0.3 is 0 Å². The number of carbonyl (C=O) groups excluding carboxylic acids is 1. The van der Waals surface area contributed by atoms with Crippen LogP contribution in [0, 0.1) is 19.8 Å². The zero-order chi connectivity index (χ0) is 21.1.